The number of carbonyl (C=O) groups is 1. The van der Waals surface area contributed by atoms with E-state index in [1.165, 1.54) is 35.6 Å². The molecule has 0 spiro atoms. The fourth-order valence-electron chi connectivity index (χ4n) is 1.95. The molecule has 2 N–H and O–H groups in total. The van der Waals surface area contributed by atoms with Crippen molar-refractivity contribution in [3.8, 4) is 5.75 Å². The lowest BCUT2D eigenvalue weighted by atomic mass is 10.2. The van der Waals surface area contributed by atoms with Crippen LogP contribution in [-0.2, 0) is 0 Å². The van der Waals surface area contributed by atoms with Crippen LogP contribution in [0.5, 0.6) is 5.75 Å². The van der Waals surface area contributed by atoms with Crippen LogP contribution in [0, 0.1) is 5.82 Å². The molecule has 0 aliphatic carbocycles. The van der Waals surface area contributed by atoms with Gasteiger partial charge in [-0.3, -0.25) is 15.6 Å². The van der Waals surface area contributed by atoms with Crippen LogP contribution in [0.1, 0.15) is 10.4 Å². The summed E-state index contributed by atoms with van der Waals surface area (Å²) in [4.78, 5) is 16.3. The van der Waals surface area contributed by atoms with E-state index in [2.05, 4.69) is 15.8 Å². The Morgan fingerprint density at radius 3 is 2.86 bits per heavy atom. The van der Waals surface area contributed by atoms with Gasteiger partial charge in [-0.15, -0.1) is 0 Å². The Kier molecular flexibility index (Phi) is 3.88. The molecule has 0 saturated carbocycles. The lowest BCUT2D eigenvalue weighted by Gasteiger charge is -2.05. The molecule has 3 aromatic rings. The summed E-state index contributed by atoms with van der Waals surface area (Å²) < 4.78 is 19.3. The molecule has 22 heavy (non-hydrogen) atoms. The van der Waals surface area contributed by atoms with Crippen LogP contribution in [0.15, 0.2) is 42.5 Å². The number of fused-ring (bicyclic) bond motifs is 1. The maximum atomic E-state index is 13.1. The van der Waals surface area contributed by atoms with Gasteiger partial charge < -0.3 is 4.74 Å². The number of hydrogen-bond donors (Lipinski definition) is 2. The highest BCUT2D eigenvalue weighted by Gasteiger charge is 2.10. The predicted molar refractivity (Wildman–Crippen MR) is 83.7 cm³/mol. The van der Waals surface area contributed by atoms with Gasteiger partial charge in [0.1, 0.15) is 17.1 Å². The minimum Gasteiger partial charge on any atom is -0.494 e. The van der Waals surface area contributed by atoms with Gasteiger partial charge in [0.05, 0.1) is 11.8 Å². The van der Waals surface area contributed by atoms with Crippen molar-refractivity contribution < 1.29 is 13.9 Å². The second kappa shape index (κ2) is 5.98. The maximum Gasteiger partial charge on any atom is 0.269 e. The topological polar surface area (TPSA) is 63.2 Å². The van der Waals surface area contributed by atoms with Gasteiger partial charge >= 0.3 is 0 Å². The van der Waals surface area contributed by atoms with E-state index in [1.54, 1.807) is 7.11 Å². The van der Waals surface area contributed by atoms with Crippen molar-refractivity contribution in [3.05, 3.63) is 53.8 Å². The van der Waals surface area contributed by atoms with Crippen LogP contribution in [0.2, 0.25) is 0 Å². The van der Waals surface area contributed by atoms with Crippen molar-refractivity contribution in [2.75, 3.05) is 12.5 Å². The standard InChI is InChI=1S/C15H12FN3O2S/c1-21-11-6-3-7-12-13(11)17-15(22-12)19-18-14(20)9-4-2-5-10(16)8-9/h2-8H,1H3,(H,17,19)(H,18,20). The van der Waals surface area contributed by atoms with Gasteiger partial charge in [0.2, 0.25) is 5.13 Å². The smallest absolute Gasteiger partial charge is 0.269 e. The Morgan fingerprint density at radius 1 is 1.27 bits per heavy atom. The molecule has 7 heteroatoms. The highest BCUT2D eigenvalue weighted by atomic mass is 32.1. The molecule has 0 radical (unpaired) electrons. The molecule has 0 aliphatic rings. The van der Waals surface area contributed by atoms with Gasteiger partial charge in [0.15, 0.2) is 0 Å². The number of ether oxygens (including phenoxy) is 1. The molecule has 1 aromatic heterocycles. The van der Waals surface area contributed by atoms with Crippen LogP contribution >= 0.6 is 11.3 Å². The molecule has 0 fully saturated rings. The fourth-order valence-corrected chi connectivity index (χ4v) is 2.79. The quantitative estimate of drug-likeness (QED) is 0.725. The first-order valence-electron chi connectivity index (χ1n) is 6.43. The van der Waals surface area contributed by atoms with Crippen molar-refractivity contribution in [3.63, 3.8) is 0 Å². The van der Waals surface area contributed by atoms with Crippen LogP contribution in [-0.4, -0.2) is 18.0 Å². The normalized spacial score (nSPS) is 10.5. The number of nitrogens with zero attached hydrogens (tertiary/aromatic N) is 1. The molecule has 5 nitrogen and oxygen atoms in total. The summed E-state index contributed by atoms with van der Waals surface area (Å²) >= 11 is 1.38. The highest BCUT2D eigenvalue weighted by molar-refractivity contribution is 7.22. The van der Waals surface area contributed by atoms with Crippen LogP contribution < -0.4 is 15.6 Å². The Balaban J connectivity index is 1.75. The summed E-state index contributed by atoms with van der Waals surface area (Å²) in [6.07, 6.45) is 0. The molecular formula is C15H12FN3O2S. The number of hydrazine groups is 1. The Morgan fingerprint density at radius 2 is 2.09 bits per heavy atom. The largest absolute Gasteiger partial charge is 0.494 e. The monoisotopic (exact) mass is 317 g/mol. The molecule has 2 aromatic carbocycles. The van der Waals surface area contributed by atoms with E-state index >= 15 is 0 Å². The maximum absolute atomic E-state index is 13.1. The van der Waals surface area contributed by atoms with E-state index < -0.39 is 11.7 Å². The van der Waals surface area contributed by atoms with Gasteiger partial charge in [-0.05, 0) is 30.3 Å². The third-order valence-electron chi connectivity index (χ3n) is 2.97. The number of thiazole rings is 1. The third-order valence-corrected chi connectivity index (χ3v) is 3.91. The van der Waals surface area contributed by atoms with Crippen LogP contribution in [0.4, 0.5) is 9.52 Å². The summed E-state index contributed by atoms with van der Waals surface area (Å²) in [5, 5.41) is 0.518. The number of benzene rings is 2. The number of methoxy groups -OCH3 is 1. The third kappa shape index (κ3) is 2.84. The Labute approximate surface area is 129 Å². The van der Waals surface area contributed by atoms with E-state index in [1.807, 2.05) is 18.2 Å². The van der Waals surface area contributed by atoms with Crippen molar-refractivity contribution in [1.29, 1.82) is 0 Å². The SMILES string of the molecule is COc1cccc2sc(NNC(=O)c3cccc(F)c3)nc12. The molecule has 1 heterocycles. The van der Waals surface area contributed by atoms with Crippen molar-refractivity contribution >= 4 is 32.6 Å². The lowest BCUT2D eigenvalue weighted by molar-refractivity contribution is 0.0962. The van der Waals surface area contributed by atoms with Gasteiger partial charge in [0.25, 0.3) is 5.91 Å². The molecule has 0 saturated heterocycles. The Hall–Kier alpha value is -2.67. The van der Waals surface area contributed by atoms with Crippen LogP contribution in [0.25, 0.3) is 10.2 Å². The molecular weight excluding hydrogens is 305 g/mol. The zero-order valence-electron chi connectivity index (χ0n) is 11.6. The summed E-state index contributed by atoms with van der Waals surface area (Å²) in [5.41, 5.74) is 6.17. The first-order valence-corrected chi connectivity index (χ1v) is 7.24. The van der Waals surface area contributed by atoms with E-state index in [-0.39, 0.29) is 5.56 Å². The molecule has 112 valence electrons. The number of carbonyl (C=O) groups excluding carboxylic acids is 1. The fraction of sp³-hybridized carbons (Fsp3) is 0.0667. The number of halogens is 1. The Bertz CT molecular complexity index is 835. The second-order valence-corrected chi connectivity index (χ2v) is 5.45. The molecule has 0 atom stereocenters. The minimum atomic E-state index is -0.461. The summed E-state index contributed by atoms with van der Waals surface area (Å²) in [7, 11) is 1.58. The summed E-state index contributed by atoms with van der Waals surface area (Å²) in [6, 6.07) is 11.1. The molecule has 3 rings (SSSR count). The van der Waals surface area contributed by atoms with E-state index in [0.717, 1.165) is 10.2 Å². The van der Waals surface area contributed by atoms with Gasteiger partial charge in [0, 0.05) is 5.56 Å². The number of anilines is 1. The molecule has 0 aliphatic heterocycles. The van der Waals surface area contributed by atoms with Crippen LogP contribution in [0.3, 0.4) is 0 Å². The average molecular weight is 317 g/mol. The number of hydrogen-bond acceptors (Lipinski definition) is 5. The number of para-hydroxylation sites is 1. The zero-order chi connectivity index (χ0) is 15.5. The summed E-state index contributed by atoms with van der Waals surface area (Å²) in [5.74, 6) is -0.235. The first kappa shape index (κ1) is 14.3. The average Bonchev–Trinajstić information content (AvgIpc) is 2.95. The van der Waals surface area contributed by atoms with Gasteiger partial charge in [-0.25, -0.2) is 9.37 Å². The minimum absolute atomic E-state index is 0.228. The molecule has 0 unspecified atom stereocenters. The van der Waals surface area contributed by atoms with E-state index in [9.17, 15) is 9.18 Å². The first-order chi connectivity index (χ1) is 10.7. The van der Waals surface area contributed by atoms with E-state index in [4.69, 9.17) is 4.74 Å². The van der Waals surface area contributed by atoms with Crippen molar-refractivity contribution in [2.45, 2.75) is 0 Å². The lowest BCUT2D eigenvalue weighted by Crippen LogP contribution is -2.29. The summed E-state index contributed by atoms with van der Waals surface area (Å²) in [6.45, 7) is 0. The number of rotatable bonds is 4. The zero-order valence-corrected chi connectivity index (χ0v) is 12.4. The molecule has 0 bridgehead atoms. The number of aromatic nitrogens is 1. The number of amides is 1. The second-order valence-electron chi connectivity index (χ2n) is 4.42. The van der Waals surface area contributed by atoms with Crippen molar-refractivity contribution in [1.82, 2.24) is 10.4 Å². The number of nitrogens with one attached hydrogen (secondary N) is 2. The molecule has 1 amide bonds. The highest BCUT2D eigenvalue weighted by Crippen LogP contribution is 2.31. The van der Waals surface area contributed by atoms with Crippen molar-refractivity contribution in [2.24, 2.45) is 0 Å². The van der Waals surface area contributed by atoms with E-state index in [0.29, 0.717) is 10.9 Å². The van der Waals surface area contributed by atoms with Gasteiger partial charge in [-0.2, -0.15) is 0 Å². The predicted octanol–water partition coefficient (Wildman–Crippen LogP) is 3.20. The van der Waals surface area contributed by atoms with Gasteiger partial charge in [-0.1, -0.05) is 23.5 Å².